The molecule has 0 aliphatic heterocycles. The molecule has 0 aliphatic rings. The summed E-state index contributed by atoms with van der Waals surface area (Å²) < 4.78 is 11.5. The molecule has 8 nitrogen and oxygen atoms in total. The van der Waals surface area contributed by atoms with Crippen molar-refractivity contribution in [1.82, 2.24) is 4.57 Å². The molecule has 0 unspecified atom stereocenters. The van der Waals surface area contributed by atoms with Crippen molar-refractivity contribution in [1.29, 1.82) is 0 Å². The molecule has 0 radical (unpaired) electrons. The predicted molar refractivity (Wildman–Crippen MR) is 96.4 cm³/mol. The fourth-order valence-electron chi connectivity index (χ4n) is 2.58. The van der Waals surface area contributed by atoms with E-state index in [1.54, 1.807) is 42.5 Å². The molecule has 1 heterocycles. The molecule has 26 heavy (non-hydrogen) atoms. The number of fused-ring (bicyclic) bond motifs is 1. The van der Waals surface area contributed by atoms with Gasteiger partial charge in [-0.25, -0.2) is 4.79 Å². The van der Waals surface area contributed by atoms with Gasteiger partial charge in [-0.15, -0.1) is 0 Å². The third-order valence-corrected chi connectivity index (χ3v) is 3.67. The summed E-state index contributed by atoms with van der Waals surface area (Å²) in [7, 11) is 1.48. The number of ether oxygens (including phenoxy) is 1. The van der Waals surface area contributed by atoms with E-state index in [2.05, 4.69) is 10.6 Å². The third-order valence-electron chi connectivity index (χ3n) is 3.67. The second-order valence-electron chi connectivity index (χ2n) is 5.57. The van der Waals surface area contributed by atoms with Crippen LogP contribution in [0, 0.1) is 0 Å². The molecule has 2 aromatic carbocycles. The number of para-hydroxylation sites is 2. The van der Waals surface area contributed by atoms with Gasteiger partial charge in [0.05, 0.1) is 18.3 Å². The SMILES string of the molecule is COc1ccc(NC(=O)Cn2c(=O)oc3ccccc32)cc1NC(C)=O. The second-order valence-corrected chi connectivity index (χ2v) is 5.57. The van der Waals surface area contributed by atoms with Gasteiger partial charge < -0.3 is 19.8 Å². The van der Waals surface area contributed by atoms with E-state index in [1.807, 2.05) is 0 Å². The van der Waals surface area contributed by atoms with E-state index in [4.69, 9.17) is 9.15 Å². The zero-order valence-corrected chi connectivity index (χ0v) is 14.2. The maximum atomic E-state index is 12.3. The maximum Gasteiger partial charge on any atom is 0.420 e. The van der Waals surface area contributed by atoms with Gasteiger partial charge in [-0.2, -0.15) is 0 Å². The summed E-state index contributed by atoms with van der Waals surface area (Å²) >= 11 is 0. The van der Waals surface area contributed by atoms with Crippen LogP contribution < -0.4 is 21.1 Å². The van der Waals surface area contributed by atoms with Crippen molar-refractivity contribution >= 4 is 34.3 Å². The Bertz CT molecular complexity index is 1030. The number of rotatable bonds is 5. The highest BCUT2D eigenvalue weighted by molar-refractivity contribution is 5.95. The number of carbonyl (C=O) groups is 2. The van der Waals surface area contributed by atoms with Gasteiger partial charge in [0, 0.05) is 12.6 Å². The van der Waals surface area contributed by atoms with E-state index >= 15 is 0 Å². The van der Waals surface area contributed by atoms with Gasteiger partial charge in [-0.3, -0.25) is 14.2 Å². The standard InChI is InChI=1S/C18H17N3O5/c1-11(22)19-13-9-12(7-8-15(13)25-2)20-17(23)10-21-14-5-3-4-6-16(14)26-18(21)24/h3-9H,10H2,1-2H3,(H,19,22)(H,20,23). The van der Waals surface area contributed by atoms with Gasteiger partial charge in [-0.1, -0.05) is 12.1 Å². The molecule has 0 atom stereocenters. The van der Waals surface area contributed by atoms with Crippen LogP contribution in [0.5, 0.6) is 5.75 Å². The lowest BCUT2D eigenvalue weighted by molar-refractivity contribution is -0.117. The number of nitrogens with one attached hydrogen (secondary N) is 2. The molecule has 3 rings (SSSR count). The molecule has 0 aliphatic carbocycles. The number of hydrogen-bond donors (Lipinski definition) is 2. The van der Waals surface area contributed by atoms with Gasteiger partial charge >= 0.3 is 5.76 Å². The summed E-state index contributed by atoms with van der Waals surface area (Å²) in [4.78, 5) is 35.6. The molecule has 0 saturated heterocycles. The van der Waals surface area contributed by atoms with Gasteiger partial charge in [-0.05, 0) is 30.3 Å². The molecule has 1 aromatic heterocycles. The molecule has 0 spiro atoms. The third kappa shape index (κ3) is 3.59. The maximum absolute atomic E-state index is 12.3. The van der Waals surface area contributed by atoms with Crippen molar-refractivity contribution in [2.45, 2.75) is 13.5 Å². The molecule has 134 valence electrons. The lowest BCUT2D eigenvalue weighted by atomic mass is 10.2. The Hall–Kier alpha value is -3.55. The van der Waals surface area contributed by atoms with Gasteiger partial charge in [0.2, 0.25) is 11.8 Å². The molecule has 2 amide bonds. The fourth-order valence-corrected chi connectivity index (χ4v) is 2.58. The van der Waals surface area contributed by atoms with E-state index in [0.717, 1.165) is 0 Å². The molecule has 0 saturated carbocycles. The van der Waals surface area contributed by atoms with Crippen LogP contribution >= 0.6 is 0 Å². The van der Waals surface area contributed by atoms with E-state index in [9.17, 15) is 14.4 Å². The highest BCUT2D eigenvalue weighted by Crippen LogP contribution is 2.27. The average molecular weight is 355 g/mol. The summed E-state index contributed by atoms with van der Waals surface area (Å²) in [6.45, 7) is 1.18. The number of amides is 2. The zero-order valence-electron chi connectivity index (χ0n) is 14.2. The molecule has 0 bridgehead atoms. The minimum absolute atomic E-state index is 0.197. The minimum Gasteiger partial charge on any atom is -0.495 e. The second kappa shape index (κ2) is 7.14. The number of anilines is 2. The van der Waals surface area contributed by atoms with Crippen LogP contribution in [0.1, 0.15) is 6.92 Å². The van der Waals surface area contributed by atoms with Gasteiger partial charge in [0.1, 0.15) is 12.3 Å². The van der Waals surface area contributed by atoms with Crippen LogP contribution in [0.2, 0.25) is 0 Å². The first-order valence-electron chi connectivity index (χ1n) is 7.82. The lowest BCUT2D eigenvalue weighted by Gasteiger charge is -2.12. The lowest BCUT2D eigenvalue weighted by Crippen LogP contribution is -2.24. The van der Waals surface area contributed by atoms with E-state index in [-0.39, 0.29) is 12.5 Å². The van der Waals surface area contributed by atoms with Crippen molar-refractivity contribution < 1.29 is 18.7 Å². The Morgan fingerprint density at radius 3 is 2.65 bits per heavy atom. The monoisotopic (exact) mass is 355 g/mol. The van der Waals surface area contributed by atoms with Crippen LogP contribution in [0.3, 0.4) is 0 Å². The summed E-state index contributed by atoms with van der Waals surface area (Å²) in [5, 5.41) is 5.32. The first kappa shape index (κ1) is 17.3. The van der Waals surface area contributed by atoms with Crippen LogP contribution in [0.15, 0.2) is 51.7 Å². The molecular weight excluding hydrogens is 338 g/mol. The Kier molecular flexibility index (Phi) is 4.74. The average Bonchev–Trinajstić information content (AvgIpc) is 2.90. The van der Waals surface area contributed by atoms with Crippen molar-refractivity contribution in [3.63, 3.8) is 0 Å². The number of carbonyl (C=O) groups excluding carboxylic acids is 2. The molecule has 0 fully saturated rings. The fraction of sp³-hybridized carbons (Fsp3) is 0.167. The van der Waals surface area contributed by atoms with Crippen LogP contribution in [-0.2, 0) is 16.1 Å². The number of nitrogens with zero attached hydrogens (tertiary/aromatic N) is 1. The Labute approximate surface area is 148 Å². The van der Waals surface area contributed by atoms with Crippen LogP contribution in [-0.4, -0.2) is 23.5 Å². The number of aromatic nitrogens is 1. The Morgan fingerprint density at radius 1 is 1.15 bits per heavy atom. The van der Waals surface area contributed by atoms with E-state index in [0.29, 0.717) is 28.2 Å². The Morgan fingerprint density at radius 2 is 1.92 bits per heavy atom. The molecular formula is C18H17N3O5. The number of hydrogen-bond acceptors (Lipinski definition) is 5. The molecule has 8 heteroatoms. The van der Waals surface area contributed by atoms with Gasteiger partial charge in [0.25, 0.3) is 0 Å². The topological polar surface area (TPSA) is 103 Å². The quantitative estimate of drug-likeness (QED) is 0.730. The normalized spacial score (nSPS) is 10.5. The van der Waals surface area contributed by atoms with Crippen molar-refractivity contribution in [3.8, 4) is 5.75 Å². The summed E-state index contributed by atoms with van der Waals surface area (Å²) in [5.74, 6) is -0.800. The first-order valence-corrected chi connectivity index (χ1v) is 7.82. The largest absolute Gasteiger partial charge is 0.495 e. The zero-order chi connectivity index (χ0) is 18.7. The number of oxazole rings is 1. The Balaban J connectivity index is 1.80. The highest BCUT2D eigenvalue weighted by Gasteiger charge is 2.13. The van der Waals surface area contributed by atoms with Crippen LogP contribution in [0.4, 0.5) is 11.4 Å². The van der Waals surface area contributed by atoms with Gasteiger partial charge in [0.15, 0.2) is 5.58 Å². The molecule has 2 N–H and O–H groups in total. The van der Waals surface area contributed by atoms with Crippen molar-refractivity contribution in [2.24, 2.45) is 0 Å². The van der Waals surface area contributed by atoms with Crippen molar-refractivity contribution in [2.75, 3.05) is 17.7 Å². The highest BCUT2D eigenvalue weighted by atomic mass is 16.5. The predicted octanol–water partition coefficient (Wildman–Crippen LogP) is 2.20. The minimum atomic E-state index is -0.602. The summed E-state index contributed by atoms with van der Waals surface area (Å²) in [5.41, 5.74) is 1.85. The number of methoxy groups -OCH3 is 1. The summed E-state index contributed by atoms with van der Waals surface area (Å²) in [6, 6.07) is 11.7. The van der Waals surface area contributed by atoms with E-state index < -0.39 is 11.7 Å². The smallest absolute Gasteiger partial charge is 0.420 e. The summed E-state index contributed by atoms with van der Waals surface area (Å²) in [6.07, 6.45) is 0. The molecule has 3 aromatic rings. The van der Waals surface area contributed by atoms with E-state index in [1.165, 1.54) is 18.6 Å². The first-order chi connectivity index (χ1) is 12.5. The van der Waals surface area contributed by atoms with Crippen molar-refractivity contribution in [3.05, 3.63) is 53.0 Å². The number of benzene rings is 2. The van der Waals surface area contributed by atoms with Crippen LogP contribution in [0.25, 0.3) is 11.1 Å².